The van der Waals surface area contributed by atoms with Crippen molar-refractivity contribution in [2.75, 3.05) is 9.80 Å². The van der Waals surface area contributed by atoms with Gasteiger partial charge in [-0.2, -0.15) is 0 Å². The zero-order chi connectivity index (χ0) is 36.3. The summed E-state index contributed by atoms with van der Waals surface area (Å²) in [4.78, 5) is 5.13. The first kappa shape index (κ1) is 32.1. The molecule has 11 rings (SSSR count). The molecule has 264 valence electrons. The van der Waals surface area contributed by atoms with Crippen LogP contribution in [-0.4, -0.2) is 0 Å². The average molecular weight is 707 g/mol. The Morgan fingerprint density at radius 2 is 0.855 bits per heavy atom. The molecule has 2 nitrogen and oxygen atoms in total. The molecular formula is C53H42N2. The molecule has 1 fully saturated rings. The van der Waals surface area contributed by atoms with Gasteiger partial charge in [0.1, 0.15) is 0 Å². The highest BCUT2D eigenvalue weighted by Gasteiger charge is 2.62. The van der Waals surface area contributed by atoms with Crippen molar-refractivity contribution in [3.63, 3.8) is 0 Å². The van der Waals surface area contributed by atoms with E-state index in [1.54, 1.807) is 0 Å². The number of anilines is 6. The lowest BCUT2D eigenvalue weighted by Gasteiger charge is -2.40. The van der Waals surface area contributed by atoms with Gasteiger partial charge in [-0.05, 0) is 131 Å². The molecule has 8 aromatic carbocycles. The van der Waals surface area contributed by atoms with Crippen molar-refractivity contribution >= 4 is 44.9 Å². The first-order chi connectivity index (χ1) is 27.3. The van der Waals surface area contributed by atoms with Crippen LogP contribution in [0.1, 0.15) is 35.1 Å². The molecule has 3 aliphatic carbocycles. The predicted octanol–water partition coefficient (Wildman–Crippen LogP) is 13.9. The maximum Gasteiger partial charge on any atom is 0.0546 e. The van der Waals surface area contributed by atoms with Crippen molar-refractivity contribution < 1.29 is 0 Å². The maximum absolute atomic E-state index is 2.60. The maximum atomic E-state index is 2.60. The summed E-state index contributed by atoms with van der Waals surface area (Å²) in [5.74, 6) is 1.07. The van der Waals surface area contributed by atoms with Gasteiger partial charge in [0.05, 0.1) is 17.1 Å². The molecule has 3 aliphatic rings. The van der Waals surface area contributed by atoms with E-state index in [9.17, 15) is 0 Å². The molecule has 0 aliphatic heterocycles. The summed E-state index contributed by atoms with van der Waals surface area (Å²) in [6, 6.07) is 72.0. The summed E-state index contributed by atoms with van der Waals surface area (Å²) < 4.78 is 0. The molecule has 1 saturated carbocycles. The second-order valence-electron chi connectivity index (χ2n) is 15.6. The molecule has 0 radical (unpaired) electrons. The van der Waals surface area contributed by atoms with Crippen LogP contribution in [0.25, 0.3) is 21.9 Å². The zero-order valence-electron chi connectivity index (χ0n) is 30.9. The van der Waals surface area contributed by atoms with Crippen LogP contribution < -0.4 is 9.80 Å². The standard InChI is InChI=1S/C53H42N2/c1-5-18-38(19-6-1)50-46-28-14-13-17-37(46)31-34-47(50)55(45-26-11-4-12-27-45)49-30-16-21-40-36-42-33-32-41-35-39-20-15-29-48(51(39)53(41,42)52(40)49)54(43-22-7-2-8-23-43)44-24-9-3-10-25-44/h1-31,34,41-42H,32-33,35-36H2. The molecule has 0 aromatic heterocycles. The van der Waals surface area contributed by atoms with Crippen LogP contribution in [0, 0.1) is 11.8 Å². The molecule has 0 N–H and O–H groups in total. The second-order valence-corrected chi connectivity index (χ2v) is 15.6. The van der Waals surface area contributed by atoms with E-state index in [0.717, 1.165) is 12.8 Å². The summed E-state index contributed by atoms with van der Waals surface area (Å²) in [6.07, 6.45) is 4.72. The Labute approximate surface area is 324 Å². The number of benzene rings is 8. The molecule has 55 heavy (non-hydrogen) atoms. The Balaban J connectivity index is 1.21. The second kappa shape index (κ2) is 12.9. The lowest BCUT2D eigenvalue weighted by atomic mass is 9.68. The highest BCUT2D eigenvalue weighted by atomic mass is 15.2. The minimum Gasteiger partial charge on any atom is -0.310 e. The first-order valence-corrected chi connectivity index (χ1v) is 19.9. The summed E-state index contributed by atoms with van der Waals surface area (Å²) >= 11 is 0. The monoisotopic (exact) mass is 706 g/mol. The first-order valence-electron chi connectivity index (χ1n) is 19.9. The number of para-hydroxylation sites is 3. The molecule has 0 bridgehead atoms. The Kier molecular flexibility index (Phi) is 7.52. The molecule has 3 unspecified atom stereocenters. The fraction of sp³-hybridized carbons (Fsp3) is 0.132. The van der Waals surface area contributed by atoms with Gasteiger partial charge in [0.15, 0.2) is 0 Å². The highest BCUT2D eigenvalue weighted by molar-refractivity contribution is 6.05. The van der Waals surface area contributed by atoms with Gasteiger partial charge < -0.3 is 9.80 Å². The molecule has 0 saturated heterocycles. The van der Waals surface area contributed by atoms with E-state index in [4.69, 9.17) is 0 Å². The summed E-state index contributed by atoms with van der Waals surface area (Å²) in [5, 5.41) is 2.52. The van der Waals surface area contributed by atoms with E-state index in [2.05, 4.69) is 204 Å². The van der Waals surface area contributed by atoms with Crippen molar-refractivity contribution in [2.45, 2.75) is 31.1 Å². The van der Waals surface area contributed by atoms with Gasteiger partial charge in [0.25, 0.3) is 0 Å². The normalized spacial score (nSPS) is 19.1. The van der Waals surface area contributed by atoms with Crippen molar-refractivity contribution in [3.8, 4) is 11.1 Å². The number of hydrogen-bond acceptors (Lipinski definition) is 2. The number of nitrogens with zero attached hydrogens (tertiary/aromatic N) is 2. The van der Waals surface area contributed by atoms with Crippen LogP contribution in [-0.2, 0) is 18.3 Å². The quantitative estimate of drug-likeness (QED) is 0.163. The van der Waals surface area contributed by atoms with E-state index in [-0.39, 0.29) is 5.41 Å². The Morgan fingerprint density at radius 3 is 1.42 bits per heavy atom. The summed E-state index contributed by atoms with van der Waals surface area (Å²) in [5.41, 5.74) is 15.9. The van der Waals surface area contributed by atoms with E-state index in [1.807, 2.05) is 0 Å². The van der Waals surface area contributed by atoms with Crippen molar-refractivity contribution in [2.24, 2.45) is 11.8 Å². The van der Waals surface area contributed by atoms with E-state index < -0.39 is 0 Å². The predicted molar refractivity (Wildman–Crippen MR) is 230 cm³/mol. The SMILES string of the molecule is c1ccc(-c2c(N(c3ccccc3)c3cccc4c3C35c6c(cccc6N(c6ccccc6)c6ccccc6)CC3CCC5C4)ccc3ccccc23)cc1. The van der Waals surface area contributed by atoms with Gasteiger partial charge >= 0.3 is 0 Å². The van der Waals surface area contributed by atoms with Crippen molar-refractivity contribution in [3.05, 3.63) is 216 Å². The molecular weight excluding hydrogens is 665 g/mol. The molecule has 8 aromatic rings. The van der Waals surface area contributed by atoms with E-state index in [0.29, 0.717) is 11.8 Å². The van der Waals surface area contributed by atoms with Crippen molar-refractivity contribution in [1.82, 2.24) is 0 Å². The molecule has 2 heteroatoms. The van der Waals surface area contributed by atoms with Crippen LogP contribution in [0.3, 0.4) is 0 Å². The van der Waals surface area contributed by atoms with Gasteiger partial charge in [0.2, 0.25) is 0 Å². The van der Waals surface area contributed by atoms with Gasteiger partial charge in [-0.25, -0.2) is 0 Å². The van der Waals surface area contributed by atoms with E-state index in [1.165, 1.54) is 91.1 Å². The van der Waals surface area contributed by atoms with Crippen LogP contribution in [0.4, 0.5) is 34.1 Å². The van der Waals surface area contributed by atoms with Gasteiger partial charge in [-0.1, -0.05) is 140 Å². The smallest absolute Gasteiger partial charge is 0.0546 e. The number of hydrogen-bond donors (Lipinski definition) is 0. The third-order valence-electron chi connectivity index (χ3n) is 12.9. The molecule has 0 amide bonds. The van der Waals surface area contributed by atoms with Gasteiger partial charge in [-0.3, -0.25) is 0 Å². The Hall–Kier alpha value is -6.38. The fourth-order valence-electron chi connectivity index (χ4n) is 11.0. The van der Waals surface area contributed by atoms with Crippen LogP contribution in [0.15, 0.2) is 194 Å². The van der Waals surface area contributed by atoms with Crippen LogP contribution >= 0.6 is 0 Å². The molecule has 3 atom stereocenters. The molecule has 1 spiro atoms. The minimum atomic E-state index is -0.115. The zero-order valence-corrected chi connectivity index (χ0v) is 30.9. The average Bonchev–Trinajstić information content (AvgIpc) is 3.89. The third kappa shape index (κ3) is 4.87. The Morgan fingerprint density at radius 1 is 0.382 bits per heavy atom. The van der Waals surface area contributed by atoms with Gasteiger partial charge in [0, 0.05) is 28.0 Å². The van der Waals surface area contributed by atoms with Crippen LogP contribution in [0.2, 0.25) is 0 Å². The Bertz CT molecular complexity index is 2620. The largest absolute Gasteiger partial charge is 0.310 e. The fourth-order valence-corrected chi connectivity index (χ4v) is 11.0. The highest BCUT2D eigenvalue weighted by Crippen LogP contribution is 2.69. The van der Waals surface area contributed by atoms with Gasteiger partial charge in [-0.15, -0.1) is 0 Å². The topological polar surface area (TPSA) is 6.48 Å². The number of rotatable bonds is 7. The number of fused-ring (bicyclic) bond motifs is 3. The molecule has 0 heterocycles. The summed E-state index contributed by atoms with van der Waals surface area (Å²) in [6.45, 7) is 0. The summed E-state index contributed by atoms with van der Waals surface area (Å²) in [7, 11) is 0. The lowest BCUT2D eigenvalue weighted by Crippen LogP contribution is -2.34. The lowest BCUT2D eigenvalue weighted by molar-refractivity contribution is 0.350. The van der Waals surface area contributed by atoms with Crippen molar-refractivity contribution in [1.29, 1.82) is 0 Å². The van der Waals surface area contributed by atoms with Crippen LogP contribution in [0.5, 0.6) is 0 Å². The third-order valence-corrected chi connectivity index (χ3v) is 12.9. The minimum absolute atomic E-state index is 0.115. The van der Waals surface area contributed by atoms with E-state index >= 15 is 0 Å².